The van der Waals surface area contributed by atoms with Crippen molar-refractivity contribution in [3.63, 3.8) is 0 Å². The average molecular weight is 640 g/mol. The number of aliphatic hydroxyl groups excluding tert-OH is 1. The van der Waals surface area contributed by atoms with Gasteiger partial charge in [-0.3, -0.25) is 4.79 Å². The van der Waals surface area contributed by atoms with Crippen LogP contribution in [0.15, 0.2) is 54.6 Å². The van der Waals surface area contributed by atoms with Crippen LogP contribution in [-0.4, -0.2) is 35.7 Å². The van der Waals surface area contributed by atoms with Gasteiger partial charge in [-0.1, -0.05) is 166 Å². The van der Waals surface area contributed by atoms with Crippen molar-refractivity contribution < 1.29 is 19.4 Å². The van der Waals surface area contributed by atoms with Crippen LogP contribution in [0, 0.1) is 0 Å². The highest BCUT2D eigenvalue weighted by molar-refractivity contribution is 5.89. The first-order chi connectivity index (χ1) is 22.6. The van der Waals surface area contributed by atoms with Crippen LogP contribution in [0.25, 0.3) is 0 Å². The third-order valence-electron chi connectivity index (χ3n) is 8.67. The minimum absolute atomic E-state index is 0.107. The van der Waals surface area contributed by atoms with Crippen molar-refractivity contribution in [1.29, 1.82) is 0 Å². The van der Waals surface area contributed by atoms with Crippen molar-refractivity contribution in [2.45, 2.75) is 180 Å². The quantitative estimate of drug-likeness (QED) is 0.0481. The molecule has 1 aromatic carbocycles. The van der Waals surface area contributed by atoms with E-state index in [4.69, 9.17) is 4.74 Å². The van der Waals surface area contributed by atoms with Crippen molar-refractivity contribution in [3.05, 3.63) is 60.2 Å². The lowest BCUT2D eigenvalue weighted by Crippen LogP contribution is -2.46. The second-order valence-corrected chi connectivity index (χ2v) is 13.0. The van der Waals surface area contributed by atoms with Crippen LogP contribution in [0.3, 0.4) is 0 Å². The second-order valence-electron chi connectivity index (χ2n) is 13.0. The standard InChI is InChI=1S/C41H69NO4/c1-3-5-7-9-11-13-15-17-19-21-23-25-30-34-39(46-41(45)37-32-28-27-29-33-37)38(36-43)42-40(44)35-31-26-24-22-20-18-16-14-12-10-8-6-4-2/h19,21,27-30,32-34,38-39,43H,3-18,20,22-26,31,35-36H2,1-2H3,(H,42,44)/b21-19-,34-30+/t38-,39+/m0/s1. The van der Waals surface area contributed by atoms with Gasteiger partial charge < -0.3 is 15.2 Å². The lowest BCUT2D eigenvalue weighted by molar-refractivity contribution is -0.123. The largest absolute Gasteiger partial charge is 0.452 e. The Morgan fingerprint density at radius 2 is 1.13 bits per heavy atom. The summed E-state index contributed by atoms with van der Waals surface area (Å²) in [5.41, 5.74) is 0.448. The fourth-order valence-corrected chi connectivity index (χ4v) is 5.71. The van der Waals surface area contributed by atoms with Crippen LogP contribution in [-0.2, 0) is 9.53 Å². The molecule has 0 spiro atoms. The Hall–Kier alpha value is -2.40. The summed E-state index contributed by atoms with van der Waals surface area (Å²) in [6, 6.07) is 8.16. The van der Waals surface area contributed by atoms with Gasteiger partial charge in [0.25, 0.3) is 0 Å². The van der Waals surface area contributed by atoms with Crippen molar-refractivity contribution in [1.82, 2.24) is 5.32 Å². The maximum absolute atomic E-state index is 12.8. The minimum atomic E-state index is -0.745. The number of rotatable bonds is 31. The van der Waals surface area contributed by atoms with Crippen molar-refractivity contribution in [2.75, 3.05) is 6.61 Å². The lowest BCUT2D eigenvalue weighted by atomic mass is 10.0. The number of carbonyl (C=O) groups excluding carboxylic acids is 2. The van der Waals surface area contributed by atoms with Gasteiger partial charge in [-0.15, -0.1) is 0 Å². The van der Waals surface area contributed by atoms with E-state index in [1.807, 2.05) is 18.2 Å². The van der Waals surface area contributed by atoms with Crippen LogP contribution in [0.5, 0.6) is 0 Å². The van der Waals surface area contributed by atoms with E-state index >= 15 is 0 Å². The molecule has 0 aliphatic heterocycles. The molecule has 46 heavy (non-hydrogen) atoms. The van der Waals surface area contributed by atoms with E-state index in [0.717, 1.165) is 38.5 Å². The molecule has 5 nitrogen and oxygen atoms in total. The molecule has 1 rings (SSSR count). The summed E-state index contributed by atoms with van der Waals surface area (Å²) in [5, 5.41) is 13.1. The molecule has 262 valence electrons. The number of unbranched alkanes of at least 4 members (excludes halogenated alkanes) is 20. The molecule has 0 heterocycles. The molecule has 2 N–H and O–H groups in total. The Morgan fingerprint density at radius 3 is 1.67 bits per heavy atom. The van der Waals surface area contributed by atoms with E-state index in [1.54, 1.807) is 24.3 Å². The molecular formula is C41H69NO4. The van der Waals surface area contributed by atoms with Crippen LogP contribution >= 0.6 is 0 Å². The first-order valence-electron chi connectivity index (χ1n) is 19.1. The Labute approximate surface area is 283 Å². The molecule has 0 aromatic heterocycles. The van der Waals surface area contributed by atoms with Crippen molar-refractivity contribution in [2.24, 2.45) is 0 Å². The molecule has 0 bridgehead atoms. The molecule has 1 amide bonds. The number of hydrogen-bond donors (Lipinski definition) is 2. The number of allylic oxidation sites excluding steroid dienone is 3. The molecule has 0 aliphatic carbocycles. The predicted molar refractivity (Wildman–Crippen MR) is 195 cm³/mol. The molecule has 0 saturated carbocycles. The lowest BCUT2D eigenvalue weighted by Gasteiger charge is -2.24. The van der Waals surface area contributed by atoms with Gasteiger partial charge in [-0.25, -0.2) is 4.79 Å². The number of amides is 1. The summed E-state index contributed by atoms with van der Waals surface area (Å²) < 4.78 is 5.80. The molecule has 0 radical (unpaired) electrons. The number of aliphatic hydroxyl groups is 1. The second kappa shape index (κ2) is 31.2. The molecular weight excluding hydrogens is 570 g/mol. The van der Waals surface area contributed by atoms with Crippen LogP contribution in [0.4, 0.5) is 0 Å². The topological polar surface area (TPSA) is 75.6 Å². The Balaban J connectivity index is 2.41. The zero-order valence-corrected chi connectivity index (χ0v) is 29.7. The van der Waals surface area contributed by atoms with E-state index in [-0.39, 0.29) is 12.5 Å². The van der Waals surface area contributed by atoms with Gasteiger partial charge in [0.15, 0.2) is 0 Å². The van der Waals surface area contributed by atoms with Crippen LogP contribution in [0.2, 0.25) is 0 Å². The maximum Gasteiger partial charge on any atom is 0.338 e. The van der Waals surface area contributed by atoms with Gasteiger partial charge in [0.05, 0.1) is 18.2 Å². The summed E-state index contributed by atoms with van der Waals surface area (Å²) in [6.07, 6.45) is 36.4. The third kappa shape index (κ3) is 23.9. The fourth-order valence-electron chi connectivity index (χ4n) is 5.71. The fraction of sp³-hybridized carbons (Fsp3) is 0.707. The van der Waals surface area contributed by atoms with Gasteiger partial charge in [0, 0.05) is 6.42 Å². The van der Waals surface area contributed by atoms with E-state index < -0.39 is 18.1 Å². The number of hydrogen-bond acceptors (Lipinski definition) is 4. The molecule has 0 aliphatic rings. The number of carbonyl (C=O) groups is 2. The Kier molecular flexibility index (Phi) is 28.2. The van der Waals surface area contributed by atoms with E-state index in [2.05, 4.69) is 31.3 Å². The SMILES string of the molecule is CCCCCCCCC/C=C\CC/C=C/[C@@H](OC(=O)c1ccccc1)[C@H](CO)NC(=O)CCCCCCCCCCCCCCC. The number of ether oxygens (including phenoxy) is 1. The number of benzene rings is 1. The normalized spacial score (nSPS) is 12.9. The zero-order chi connectivity index (χ0) is 33.3. The molecule has 0 fully saturated rings. The zero-order valence-electron chi connectivity index (χ0n) is 29.7. The van der Waals surface area contributed by atoms with Crippen LogP contribution in [0.1, 0.15) is 178 Å². The minimum Gasteiger partial charge on any atom is -0.452 e. The number of esters is 1. The van der Waals surface area contributed by atoms with Gasteiger partial charge in [0.1, 0.15) is 6.10 Å². The monoisotopic (exact) mass is 640 g/mol. The molecule has 2 atom stereocenters. The van der Waals surface area contributed by atoms with Crippen molar-refractivity contribution >= 4 is 11.9 Å². The van der Waals surface area contributed by atoms with Gasteiger partial charge in [0.2, 0.25) is 5.91 Å². The van der Waals surface area contributed by atoms with Gasteiger partial charge >= 0.3 is 5.97 Å². The smallest absolute Gasteiger partial charge is 0.338 e. The molecule has 1 aromatic rings. The molecule has 5 heteroatoms. The average Bonchev–Trinajstić information content (AvgIpc) is 3.07. The highest BCUT2D eigenvalue weighted by Gasteiger charge is 2.24. The maximum atomic E-state index is 12.8. The Morgan fingerprint density at radius 1 is 0.652 bits per heavy atom. The van der Waals surface area contributed by atoms with Crippen LogP contribution < -0.4 is 5.32 Å². The summed E-state index contributed by atoms with van der Waals surface area (Å²) in [7, 11) is 0. The summed E-state index contributed by atoms with van der Waals surface area (Å²) in [6.45, 7) is 4.21. The van der Waals surface area contributed by atoms with E-state index in [0.29, 0.717) is 12.0 Å². The third-order valence-corrected chi connectivity index (χ3v) is 8.67. The van der Waals surface area contributed by atoms with E-state index in [1.165, 1.54) is 109 Å². The first-order valence-corrected chi connectivity index (χ1v) is 19.1. The van der Waals surface area contributed by atoms with Gasteiger partial charge in [-0.05, 0) is 50.3 Å². The highest BCUT2D eigenvalue weighted by Crippen LogP contribution is 2.14. The summed E-state index contributed by atoms with van der Waals surface area (Å²) in [5.74, 6) is -0.571. The molecule has 0 saturated heterocycles. The van der Waals surface area contributed by atoms with E-state index in [9.17, 15) is 14.7 Å². The predicted octanol–water partition coefficient (Wildman–Crippen LogP) is 11.2. The molecule has 0 unspecified atom stereocenters. The summed E-state index contributed by atoms with van der Waals surface area (Å²) in [4.78, 5) is 25.6. The van der Waals surface area contributed by atoms with Gasteiger partial charge in [-0.2, -0.15) is 0 Å². The highest BCUT2D eigenvalue weighted by atomic mass is 16.5. The Bertz CT molecular complexity index is 897. The first kappa shape index (κ1) is 41.6. The number of nitrogens with one attached hydrogen (secondary N) is 1. The van der Waals surface area contributed by atoms with Crippen molar-refractivity contribution in [3.8, 4) is 0 Å². The summed E-state index contributed by atoms with van der Waals surface area (Å²) >= 11 is 0.